The Morgan fingerprint density at radius 3 is 2.59 bits per heavy atom. The van der Waals surface area contributed by atoms with E-state index in [0.29, 0.717) is 28.4 Å². The molecule has 1 aromatic heterocycles. The van der Waals surface area contributed by atoms with Gasteiger partial charge in [-0.2, -0.15) is 0 Å². The van der Waals surface area contributed by atoms with Crippen molar-refractivity contribution in [2.24, 2.45) is 5.73 Å². The van der Waals surface area contributed by atoms with Gasteiger partial charge in [-0.05, 0) is 116 Å². The van der Waals surface area contributed by atoms with Gasteiger partial charge in [0.1, 0.15) is 17.2 Å². The zero-order valence-electron chi connectivity index (χ0n) is 31.5. The highest BCUT2D eigenvalue weighted by atomic mass is 32.2. The van der Waals surface area contributed by atoms with Crippen LogP contribution in [0.3, 0.4) is 0 Å². The third-order valence-electron chi connectivity index (χ3n) is 9.82. The highest BCUT2D eigenvalue weighted by molar-refractivity contribution is 7.99. The standard InChI is InChI=1S/C45H45N5O5S/c1-28-22-36(25-37-41(28)48-26-38(45(46)53)42(37)49-33-10-7-11-34(24-33)54-2)56-35-12-6-9-32(23-35)30-15-13-29(14-16-30)8-4-3-5-20-47-21-19-31-17-18-39(51)43-44(31)55-27-40(52)50-43/h6-7,9-18,22-26,47,51H,3-5,8,19-21,27H2,1-2H3,(H2,46,53)(H,48,49)(H,50,52). The number of primary amides is 1. The van der Waals surface area contributed by atoms with Gasteiger partial charge in [-0.1, -0.05) is 66.7 Å². The fourth-order valence-electron chi connectivity index (χ4n) is 6.93. The monoisotopic (exact) mass is 767 g/mol. The Kier molecular flexibility index (Phi) is 12.0. The van der Waals surface area contributed by atoms with Crippen LogP contribution in [0.1, 0.15) is 46.3 Å². The number of unbranched alkanes of at least 4 members (excludes halogenated alkanes) is 2. The Morgan fingerprint density at radius 1 is 0.929 bits per heavy atom. The molecule has 286 valence electrons. The van der Waals surface area contributed by atoms with Crippen molar-refractivity contribution < 1.29 is 24.2 Å². The number of anilines is 3. The van der Waals surface area contributed by atoms with Crippen LogP contribution in [0.15, 0.2) is 113 Å². The lowest BCUT2D eigenvalue weighted by molar-refractivity contribution is -0.118. The van der Waals surface area contributed by atoms with E-state index in [-0.39, 0.29) is 18.3 Å². The number of aromatic nitrogens is 1. The van der Waals surface area contributed by atoms with E-state index in [2.05, 4.69) is 81.6 Å². The number of methoxy groups -OCH3 is 1. The minimum atomic E-state index is -0.555. The second-order valence-corrected chi connectivity index (χ2v) is 15.0. The number of carbonyl (C=O) groups excluding carboxylic acids is 2. The Bertz CT molecular complexity index is 2380. The molecule has 0 aliphatic carbocycles. The first kappa shape index (κ1) is 38.2. The minimum Gasteiger partial charge on any atom is -0.506 e. The maximum atomic E-state index is 12.5. The van der Waals surface area contributed by atoms with Crippen LogP contribution in [0.5, 0.6) is 17.2 Å². The molecule has 56 heavy (non-hydrogen) atoms. The van der Waals surface area contributed by atoms with E-state index in [9.17, 15) is 14.7 Å². The summed E-state index contributed by atoms with van der Waals surface area (Å²) in [5.74, 6) is 0.470. The summed E-state index contributed by atoms with van der Waals surface area (Å²) >= 11 is 1.66. The number of phenols is 1. The van der Waals surface area contributed by atoms with E-state index >= 15 is 0 Å². The fourth-order valence-corrected chi connectivity index (χ4v) is 7.94. The number of pyridine rings is 1. The van der Waals surface area contributed by atoms with Crippen LogP contribution in [0.4, 0.5) is 17.1 Å². The number of carbonyl (C=O) groups is 2. The van der Waals surface area contributed by atoms with Crippen molar-refractivity contribution in [1.82, 2.24) is 10.3 Å². The van der Waals surface area contributed by atoms with Crippen molar-refractivity contribution in [2.75, 3.05) is 37.4 Å². The van der Waals surface area contributed by atoms with E-state index in [0.717, 1.165) is 93.8 Å². The van der Waals surface area contributed by atoms with Crippen LogP contribution in [0.2, 0.25) is 0 Å². The number of aryl methyl sites for hydroxylation is 2. The Hall–Kier alpha value is -6.04. The first-order chi connectivity index (χ1) is 27.2. The lowest BCUT2D eigenvalue weighted by Crippen LogP contribution is -2.26. The topological polar surface area (TPSA) is 148 Å². The molecular formula is C45H45N5O5S. The molecule has 0 unspecified atom stereocenters. The molecule has 0 radical (unpaired) electrons. The number of hydrogen-bond donors (Lipinski definition) is 5. The molecule has 2 amide bonds. The molecule has 0 atom stereocenters. The number of rotatable bonds is 16. The van der Waals surface area contributed by atoms with Gasteiger partial charge in [0.2, 0.25) is 0 Å². The molecule has 0 spiro atoms. The van der Waals surface area contributed by atoms with Crippen molar-refractivity contribution in [3.8, 4) is 28.4 Å². The number of hydrogen-bond acceptors (Lipinski definition) is 9. The number of aromatic hydroxyl groups is 1. The summed E-state index contributed by atoms with van der Waals surface area (Å²) in [5.41, 5.74) is 14.3. The second-order valence-electron chi connectivity index (χ2n) is 13.8. The molecule has 0 saturated carbocycles. The van der Waals surface area contributed by atoms with E-state index < -0.39 is 5.91 Å². The molecule has 0 fully saturated rings. The smallest absolute Gasteiger partial charge is 0.262 e. The third kappa shape index (κ3) is 9.07. The van der Waals surface area contributed by atoms with E-state index in [4.69, 9.17) is 15.2 Å². The summed E-state index contributed by atoms with van der Waals surface area (Å²) in [5, 5.41) is 20.5. The number of fused-ring (bicyclic) bond motifs is 2. The summed E-state index contributed by atoms with van der Waals surface area (Å²) in [6.45, 7) is 3.71. The van der Waals surface area contributed by atoms with Crippen LogP contribution >= 0.6 is 11.8 Å². The van der Waals surface area contributed by atoms with Crippen LogP contribution in [-0.2, 0) is 17.6 Å². The Morgan fingerprint density at radius 2 is 1.77 bits per heavy atom. The van der Waals surface area contributed by atoms with Gasteiger partial charge in [0.05, 0.1) is 23.9 Å². The summed E-state index contributed by atoms with van der Waals surface area (Å²) in [7, 11) is 1.62. The van der Waals surface area contributed by atoms with Gasteiger partial charge in [0.15, 0.2) is 12.4 Å². The predicted molar refractivity (Wildman–Crippen MR) is 224 cm³/mol. The normalized spacial score (nSPS) is 12.1. The third-order valence-corrected chi connectivity index (χ3v) is 10.8. The molecule has 10 nitrogen and oxygen atoms in total. The van der Waals surface area contributed by atoms with E-state index in [1.54, 1.807) is 24.9 Å². The number of nitrogens with one attached hydrogen (secondary N) is 3. The molecule has 7 rings (SSSR count). The lowest BCUT2D eigenvalue weighted by atomic mass is 10.0. The van der Waals surface area contributed by atoms with Crippen molar-refractivity contribution in [1.29, 1.82) is 0 Å². The van der Waals surface area contributed by atoms with Crippen molar-refractivity contribution in [3.05, 3.63) is 126 Å². The second kappa shape index (κ2) is 17.6. The van der Waals surface area contributed by atoms with Gasteiger partial charge in [0, 0.05) is 33.1 Å². The average Bonchev–Trinajstić information content (AvgIpc) is 3.20. The van der Waals surface area contributed by atoms with Gasteiger partial charge in [0.25, 0.3) is 11.8 Å². The number of phenolic OH excluding ortho intramolecular Hbond substituents is 1. The predicted octanol–water partition coefficient (Wildman–Crippen LogP) is 8.79. The average molecular weight is 768 g/mol. The Balaban J connectivity index is 0.932. The van der Waals surface area contributed by atoms with Crippen LogP contribution in [0.25, 0.3) is 22.0 Å². The van der Waals surface area contributed by atoms with Crippen molar-refractivity contribution in [3.63, 3.8) is 0 Å². The van der Waals surface area contributed by atoms with Crippen molar-refractivity contribution in [2.45, 2.75) is 48.8 Å². The number of ether oxygens (including phenoxy) is 2. The molecule has 6 aromatic rings. The fraction of sp³-hybridized carbons (Fsp3) is 0.222. The summed E-state index contributed by atoms with van der Waals surface area (Å²) in [4.78, 5) is 30.9. The van der Waals surface area contributed by atoms with Gasteiger partial charge < -0.3 is 36.3 Å². The summed E-state index contributed by atoms with van der Waals surface area (Å²) in [6.07, 6.45) is 6.64. The first-order valence-corrected chi connectivity index (χ1v) is 19.6. The first-order valence-electron chi connectivity index (χ1n) is 18.8. The lowest BCUT2D eigenvalue weighted by Gasteiger charge is -2.21. The number of benzene rings is 5. The molecule has 1 aliphatic rings. The molecule has 2 heterocycles. The maximum Gasteiger partial charge on any atom is 0.262 e. The van der Waals surface area contributed by atoms with Crippen LogP contribution in [-0.4, -0.2) is 48.7 Å². The maximum absolute atomic E-state index is 12.5. The van der Waals surface area contributed by atoms with Gasteiger partial charge in [-0.25, -0.2) is 0 Å². The molecule has 0 saturated heterocycles. The number of amides is 2. The van der Waals surface area contributed by atoms with E-state index in [1.807, 2.05) is 37.3 Å². The largest absolute Gasteiger partial charge is 0.506 e. The zero-order valence-corrected chi connectivity index (χ0v) is 32.3. The molecule has 11 heteroatoms. The van der Waals surface area contributed by atoms with Gasteiger partial charge in [-0.15, -0.1) is 0 Å². The van der Waals surface area contributed by atoms with E-state index in [1.165, 1.54) is 11.8 Å². The zero-order chi connectivity index (χ0) is 39.0. The quantitative estimate of drug-likeness (QED) is 0.0482. The van der Waals surface area contributed by atoms with Gasteiger partial charge >= 0.3 is 0 Å². The van der Waals surface area contributed by atoms with Crippen molar-refractivity contribution >= 4 is 51.5 Å². The number of nitrogens with zero attached hydrogens (tertiary/aromatic N) is 1. The SMILES string of the molecule is COc1cccc(Nc2c(C(N)=O)cnc3c(C)cc(Sc4cccc(-c5ccc(CCCCCNCCc6ccc(O)c7c6OCC(=O)N7)cc5)c4)cc23)c1. The molecular weight excluding hydrogens is 723 g/mol. The molecule has 1 aliphatic heterocycles. The highest BCUT2D eigenvalue weighted by Gasteiger charge is 2.22. The molecule has 5 aromatic carbocycles. The van der Waals surface area contributed by atoms with Crippen LogP contribution in [0, 0.1) is 6.92 Å². The van der Waals surface area contributed by atoms with Gasteiger partial charge in [-0.3, -0.25) is 14.6 Å². The summed E-state index contributed by atoms with van der Waals surface area (Å²) in [6, 6.07) is 32.6. The Labute approximate surface area is 330 Å². The summed E-state index contributed by atoms with van der Waals surface area (Å²) < 4.78 is 11.0. The minimum absolute atomic E-state index is 0.0210. The molecule has 6 N–H and O–H groups in total. The number of nitrogens with two attached hydrogens (primary N) is 1. The molecule has 0 bridgehead atoms. The highest BCUT2D eigenvalue weighted by Crippen LogP contribution is 2.40. The van der Waals surface area contributed by atoms with Crippen LogP contribution < -0.4 is 31.2 Å².